The molecule has 1 unspecified atom stereocenters. The summed E-state index contributed by atoms with van der Waals surface area (Å²) in [6.45, 7) is 0. The molecule has 3 aliphatic rings. The van der Waals surface area contributed by atoms with Crippen LogP contribution in [0.25, 0.3) is 0 Å². The van der Waals surface area contributed by atoms with Gasteiger partial charge in [0.1, 0.15) is 0 Å². The first-order chi connectivity index (χ1) is 7.90. The topological polar surface area (TPSA) is 0 Å². The van der Waals surface area contributed by atoms with E-state index in [-0.39, 0.29) is 0 Å². The molecule has 0 amide bonds. The Kier molecular flexibility index (Phi) is 4.69. The van der Waals surface area contributed by atoms with E-state index in [1.165, 1.54) is 48.7 Å². The van der Waals surface area contributed by atoms with Gasteiger partial charge in [0.2, 0.25) is 0 Å². The van der Waals surface area contributed by atoms with Crippen molar-refractivity contribution in [1.82, 2.24) is 0 Å². The highest BCUT2D eigenvalue weighted by Crippen LogP contribution is 2.41. The van der Waals surface area contributed by atoms with E-state index >= 15 is 0 Å². The minimum Gasteiger partial charge on any atom is -0.160 e. The molecule has 1 aliphatic carbocycles. The molecular formula is C12H20S4. The summed E-state index contributed by atoms with van der Waals surface area (Å²) in [6, 6.07) is 0. The third kappa shape index (κ3) is 3.69. The summed E-state index contributed by atoms with van der Waals surface area (Å²) in [4.78, 5) is 0. The summed E-state index contributed by atoms with van der Waals surface area (Å²) in [5.74, 6) is 5.74. The first-order valence-corrected chi connectivity index (χ1v) is 10.6. The summed E-state index contributed by atoms with van der Waals surface area (Å²) in [7, 11) is 0. The van der Waals surface area contributed by atoms with E-state index in [0.717, 1.165) is 21.0 Å². The van der Waals surface area contributed by atoms with Gasteiger partial charge in [-0.05, 0) is 25.7 Å². The SMILES string of the molecule is C1CC(SC2CSC2)CCC1SCC1CS1. The summed E-state index contributed by atoms with van der Waals surface area (Å²) in [5.41, 5.74) is 0. The van der Waals surface area contributed by atoms with Crippen molar-refractivity contribution in [3.05, 3.63) is 0 Å². The van der Waals surface area contributed by atoms with Crippen LogP contribution in [0.2, 0.25) is 0 Å². The summed E-state index contributed by atoms with van der Waals surface area (Å²) in [6.07, 6.45) is 6.00. The Labute approximate surface area is 116 Å². The molecule has 1 saturated carbocycles. The van der Waals surface area contributed by atoms with E-state index < -0.39 is 0 Å². The number of hydrogen-bond donors (Lipinski definition) is 0. The molecular weight excluding hydrogens is 272 g/mol. The lowest BCUT2D eigenvalue weighted by Gasteiger charge is -2.33. The normalized spacial score (nSPS) is 39.4. The predicted octanol–water partition coefficient (Wildman–Crippen LogP) is 3.99. The Morgan fingerprint density at radius 2 is 1.56 bits per heavy atom. The van der Waals surface area contributed by atoms with E-state index in [1.54, 1.807) is 0 Å². The third-order valence-corrected chi connectivity index (χ3v) is 9.53. The molecule has 2 saturated heterocycles. The third-order valence-electron chi connectivity index (χ3n) is 3.53. The Hall–Kier alpha value is 1.40. The molecule has 0 nitrogen and oxygen atoms in total. The standard InChI is InChI=1S/C12H20S4/c1-3-10(16-12-5-13-6-12)4-2-9(1)14-7-11-8-15-11/h9-12H,1-8H2. The predicted molar refractivity (Wildman–Crippen MR) is 83.5 cm³/mol. The van der Waals surface area contributed by atoms with Crippen molar-refractivity contribution in [2.75, 3.05) is 23.0 Å². The number of hydrogen-bond acceptors (Lipinski definition) is 4. The van der Waals surface area contributed by atoms with Crippen molar-refractivity contribution < 1.29 is 0 Å². The molecule has 2 aliphatic heterocycles. The maximum atomic E-state index is 2.31. The molecule has 0 bridgehead atoms. The fourth-order valence-corrected chi connectivity index (χ4v) is 7.26. The maximum Gasteiger partial charge on any atom is 0.0231 e. The largest absolute Gasteiger partial charge is 0.160 e. The average molecular weight is 293 g/mol. The number of thioether (sulfide) groups is 4. The summed E-state index contributed by atoms with van der Waals surface area (Å²) in [5, 5.41) is 4.07. The van der Waals surface area contributed by atoms with E-state index in [9.17, 15) is 0 Å². The van der Waals surface area contributed by atoms with Crippen LogP contribution in [-0.4, -0.2) is 44.0 Å². The highest BCUT2D eigenvalue weighted by molar-refractivity contribution is 8.09. The van der Waals surface area contributed by atoms with Gasteiger partial charge in [-0.15, -0.1) is 0 Å². The van der Waals surface area contributed by atoms with Gasteiger partial charge in [0.15, 0.2) is 0 Å². The van der Waals surface area contributed by atoms with Crippen LogP contribution in [-0.2, 0) is 0 Å². The number of rotatable bonds is 5. The smallest absolute Gasteiger partial charge is 0.0231 e. The van der Waals surface area contributed by atoms with Crippen LogP contribution >= 0.6 is 47.0 Å². The molecule has 0 aromatic rings. The van der Waals surface area contributed by atoms with Crippen LogP contribution in [0.5, 0.6) is 0 Å². The minimum absolute atomic E-state index is 1.01. The van der Waals surface area contributed by atoms with Gasteiger partial charge in [0.05, 0.1) is 0 Å². The van der Waals surface area contributed by atoms with Gasteiger partial charge in [-0.1, -0.05) is 0 Å². The molecule has 16 heavy (non-hydrogen) atoms. The molecule has 0 aromatic heterocycles. The van der Waals surface area contributed by atoms with E-state index in [4.69, 9.17) is 0 Å². The zero-order chi connectivity index (χ0) is 10.8. The molecule has 92 valence electrons. The molecule has 4 heteroatoms. The lowest BCUT2D eigenvalue weighted by Crippen LogP contribution is -2.27. The molecule has 0 radical (unpaired) electrons. The van der Waals surface area contributed by atoms with Crippen molar-refractivity contribution in [1.29, 1.82) is 0 Å². The van der Waals surface area contributed by atoms with Gasteiger partial charge >= 0.3 is 0 Å². The van der Waals surface area contributed by atoms with Crippen LogP contribution in [0, 0.1) is 0 Å². The van der Waals surface area contributed by atoms with Crippen molar-refractivity contribution in [3.63, 3.8) is 0 Å². The first-order valence-electron chi connectivity index (χ1n) is 6.36. The van der Waals surface area contributed by atoms with Crippen molar-refractivity contribution in [2.45, 2.75) is 46.7 Å². The van der Waals surface area contributed by atoms with Crippen LogP contribution in [0.1, 0.15) is 25.7 Å². The van der Waals surface area contributed by atoms with Crippen LogP contribution in [0.3, 0.4) is 0 Å². The van der Waals surface area contributed by atoms with Crippen molar-refractivity contribution >= 4 is 47.0 Å². The van der Waals surface area contributed by atoms with Gasteiger partial charge in [-0.3, -0.25) is 0 Å². The second kappa shape index (κ2) is 6.03. The van der Waals surface area contributed by atoms with E-state index in [0.29, 0.717) is 0 Å². The Morgan fingerprint density at radius 1 is 0.875 bits per heavy atom. The summed E-state index contributed by atoms with van der Waals surface area (Å²) >= 11 is 8.86. The molecule has 2 heterocycles. The van der Waals surface area contributed by atoms with Crippen molar-refractivity contribution in [2.24, 2.45) is 0 Å². The lowest BCUT2D eigenvalue weighted by molar-refractivity contribution is 0.527. The van der Waals surface area contributed by atoms with Gasteiger partial charge in [-0.25, -0.2) is 0 Å². The summed E-state index contributed by atoms with van der Waals surface area (Å²) < 4.78 is 0. The molecule has 3 rings (SSSR count). The maximum absolute atomic E-state index is 2.31. The van der Waals surface area contributed by atoms with E-state index in [2.05, 4.69) is 47.0 Å². The fraction of sp³-hybridized carbons (Fsp3) is 1.00. The van der Waals surface area contributed by atoms with Crippen LogP contribution < -0.4 is 0 Å². The quantitative estimate of drug-likeness (QED) is 0.702. The Balaban J connectivity index is 1.31. The van der Waals surface area contributed by atoms with Gasteiger partial charge in [0, 0.05) is 44.0 Å². The highest BCUT2D eigenvalue weighted by atomic mass is 32.2. The van der Waals surface area contributed by atoms with Gasteiger partial charge < -0.3 is 0 Å². The molecule has 0 spiro atoms. The first kappa shape index (κ1) is 12.4. The average Bonchev–Trinajstić information content (AvgIpc) is 3.06. The highest BCUT2D eigenvalue weighted by Gasteiger charge is 2.29. The Morgan fingerprint density at radius 3 is 2.12 bits per heavy atom. The van der Waals surface area contributed by atoms with Crippen LogP contribution in [0.4, 0.5) is 0 Å². The molecule has 3 fully saturated rings. The lowest BCUT2D eigenvalue weighted by atomic mass is 10.00. The molecule has 0 N–H and O–H groups in total. The van der Waals surface area contributed by atoms with Crippen LogP contribution in [0.15, 0.2) is 0 Å². The van der Waals surface area contributed by atoms with Crippen molar-refractivity contribution in [3.8, 4) is 0 Å². The zero-order valence-electron chi connectivity index (χ0n) is 9.60. The monoisotopic (exact) mass is 292 g/mol. The minimum atomic E-state index is 1.01. The Bertz CT molecular complexity index is 217. The molecule has 0 aromatic carbocycles. The second-order valence-corrected chi connectivity index (χ2v) is 10.3. The fourth-order valence-electron chi connectivity index (χ4n) is 2.31. The second-order valence-electron chi connectivity index (χ2n) is 4.98. The van der Waals surface area contributed by atoms with Gasteiger partial charge in [-0.2, -0.15) is 47.0 Å². The van der Waals surface area contributed by atoms with E-state index in [1.807, 2.05) is 0 Å². The van der Waals surface area contributed by atoms with Gasteiger partial charge in [0.25, 0.3) is 0 Å². The zero-order valence-corrected chi connectivity index (χ0v) is 12.9. The molecule has 1 atom stereocenters.